The molecule has 0 spiro atoms. The first-order valence-electron chi connectivity index (χ1n) is 11.6. The Morgan fingerprint density at radius 1 is 0.917 bits per heavy atom. The molecule has 1 aliphatic heterocycles. The highest BCUT2D eigenvalue weighted by atomic mass is 35.5. The fourth-order valence-corrected chi connectivity index (χ4v) is 5.72. The SMILES string of the molecule is CCCCc1ccc(N(C(=O)[C@@H](C)N2C(=O)c3ccccc3C2=O)S(=O)(=O)c2ccc(Cl)cc2)cc1. The van der Waals surface area contributed by atoms with Crippen molar-refractivity contribution in [1.82, 2.24) is 4.90 Å². The molecule has 0 N–H and O–H groups in total. The Morgan fingerprint density at radius 3 is 2.00 bits per heavy atom. The zero-order chi connectivity index (χ0) is 26.0. The van der Waals surface area contributed by atoms with Gasteiger partial charge in [-0.3, -0.25) is 19.3 Å². The average molecular weight is 525 g/mol. The van der Waals surface area contributed by atoms with E-state index in [4.69, 9.17) is 11.6 Å². The minimum absolute atomic E-state index is 0.110. The summed E-state index contributed by atoms with van der Waals surface area (Å²) < 4.78 is 28.1. The minimum Gasteiger partial charge on any atom is -0.271 e. The number of amides is 3. The summed E-state index contributed by atoms with van der Waals surface area (Å²) >= 11 is 5.94. The molecule has 0 saturated heterocycles. The second kappa shape index (κ2) is 10.2. The van der Waals surface area contributed by atoms with Crippen LogP contribution in [0.25, 0.3) is 0 Å². The maximum absolute atomic E-state index is 13.8. The van der Waals surface area contributed by atoms with Gasteiger partial charge >= 0.3 is 0 Å². The number of imide groups is 1. The van der Waals surface area contributed by atoms with Gasteiger partial charge in [0.1, 0.15) is 6.04 Å². The van der Waals surface area contributed by atoms with Crippen LogP contribution in [-0.4, -0.2) is 37.1 Å². The average Bonchev–Trinajstić information content (AvgIpc) is 3.13. The number of carbonyl (C=O) groups is 3. The van der Waals surface area contributed by atoms with Crippen molar-refractivity contribution >= 4 is 45.0 Å². The van der Waals surface area contributed by atoms with Gasteiger partial charge in [0.15, 0.2) is 0 Å². The van der Waals surface area contributed by atoms with E-state index in [2.05, 4.69) is 6.92 Å². The molecule has 0 aromatic heterocycles. The van der Waals surface area contributed by atoms with Gasteiger partial charge in [-0.1, -0.05) is 49.2 Å². The van der Waals surface area contributed by atoms with Crippen LogP contribution < -0.4 is 4.31 Å². The number of anilines is 1. The number of hydrogen-bond donors (Lipinski definition) is 0. The van der Waals surface area contributed by atoms with Gasteiger partial charge in [-0.25, -0.2) is 12.7 Å². The van der Waals surface area contributed by atoms with Gasteiger partial charge in [-0.2, -0.15) is 0 Å². The summed E-state index contributed by atoms with van der Waals surface area (Å²) in [6, 6.07) is 17.0. The standard InChI is InChI=1S/C27H25ClN2O5S/c1-3-4-7-19-10-14-21(15-11-19)30(36(34,35)22-16-12-20(28)13-17-22)25(31)18(2)29-26(32)23-8-5-6-9-24(23)27(29)33/h5-6,8-18H,3-4,7H2,1-2H3/t18-/m1/s1. The Balaban J connectivity index is 1.75. The van der Waals surface area contributed by atoms with E-state index in [-0.39, 0.29) is 21.7 Å². The molecular weight excluding hydrogens is 500 g/mol. The molecule has 1 atom stereocenters. The van der Waals surface area contributed by atoms with E-state index in [9.17, 15) is 22.8 Å². The number of aryl methyl sites for hydroxylation is 1. The minimum atomic E-state index is -4.40. The van der Waals surface area contributed by atoms with Crippen molar-refractivity contribution in [2.75, 3.05) is 4.31 Å². The number of hydrogen-bond acceptors (Lipinski definition) is 5. The Bertz CT molecular complexity index is 1380. The lowest BCUT2D eigenvalue weighted by molar-refractivity contribution is -0.120. The van der Waals surface area contributed by atoms with E-state index in [0.29, 0.717) is 9.33 Å². The van der Waals surface area contributed by atoms with Gasteiger partial charge < -0.3 is 0 Å². The molecule has 1 aliphatic rings. The van der Waals surface area contributed by atoms with Crippen molar-refractivity contribution in [3.8, 4) is 0 Å². The highest BCUT2D eigenvalue weighted by molar-refractivity contribution is 7.93. The summed E-state index contributed by atoms with van der Waals surface area (Å²) in [5.74, 6) is -2.22. The third-order valence-corrected chi connectivity index (χ3v) is 8.10. The number of fused-ring (bicyclic) bond motifs is 1. The summed E-state index contributed by atoms with van der Waals surface area (Å²) in [5, 5.41) is 0.339. The van der Waals surface area contributed by atoms with Crippen molar-refractivity contribution < 1.29 is 22.8 Å². The lowest BCUT2D eigenvalue weighted by Crippen LogP contribution is -2.51. The predicted molar refractivity (Wildman–Crippen MR) is 138 cm³/mol. The predicted octanol–water partition coefficient (Wildman–Crippen LogP) is 5.09. The van der Waals surface area contributed by atoms with E-state index in [1.54, 1.807) is 36.4 Å². The summed E-state index contributed by atoms with van der Waals surface area (Å²) in [6.45, 7) is 3.43. The summed E-state index contributed by atoms with van der Waals surface area (Å²) in [5.41, 5.74) is 1.47. The van der Waals surface area contributed by atoms with Crippen LogP contribution in [0.3, 0.4) is 0 Å². The van der Waals surface area contributed by atoms with Crippen molar-refractivity contribution in [2.24, 2.45) is 0 Å². The Hall–Kier alpha value is -3.49. The van der Waals surface area contributed by atoms with Gasteiger partial charge in [-0.15, -0.1) is 0 Å². The van der Waals surface area contributed by atoms with Gasteiger partial charge in [-0.05, 0) is 73.9 Å². The second-order valence-electron chi connectivity index (χ2n) is 8.53. The molecule has 3 aromatic rings. The molecule has 0 bridgehead atoms. The fraction of sp³-hybridized carbons (Fsp3) is 0.222. The van der Waals surface area contributed by atoms with Gasteiger partial charge in [0.2, 0.25) is 0 Å². The first-order valence-corrected chi connectivity index (χ1v) is 13.4. The molecular formula is C27H25ClN2O5S. The number of halogens is 1. The number of sulfonamides is 1. The molecule has 3 amide bonds. The van der Waals surface area contributed by atoms with Crippen LogP contribution in [0.15, 0.2) is 77.7 Å². The van der Waals surface area contributed by atoms with Crippen LogP contribution in [0.4, 0.5) is 5.69 Å². The monoisotopic (exact) mass is 524 g/mol. The van der Waals surface area contributed by atoms with Crippen molar-refractivity contribution in [3.63, 3.8) is 0 Å². The van der Waals surface area contributed by atoms with E-state index in [0.717, 1.165) is 29.7 Å². The normalized spacial score (nSPS) is 14.0. The first-order chi connectivity index (χ1) is 17.2. The van der Waals surface area contributed by atoms with Crippen LogP contribution in [0.1, 0.15) is 53.0 Å². The number of benzene rings is 3. The zero-order valence-electron chi connectivity index (χ0n) is 19.8. The quantitative estimate of drug-likeness (QED) is 0.383. The van der Waals surface area contributed by atoms with Crippen LogP contribution >= 0.6 is 11.6 Å². The molecule has 0 radical (unpaired) electrons. The maximum atomic E-state index is 13.8. The smallest absolute Gasteiger partial charge is 0.270 e. The van der Waals surface area contributed by atoms with Crippen molar-refractivity contribution in [1.29, 1.82) is 0 Å². The molecule has 36 heavy (non-hydrogen) atoms. The van der Waals surface area contributed by atoms with Crippen molar-refractivity contribution in [3.05, 3.63) is 94.5 Å². The molecule has 0 aliphatic carbocycles. The lowest BCUT2D eigenvalue weighted by atomic mass is 10.1. The van der Waals surface area contributed by atoms with E-state index in [1.807, 2.05) is 0 Å². The van der Waals surface area contributed by atoms with Crippen LogP contribution in [0, 0.1) is 0 Å². The molecule has 0 fully saturated rings. The molecule has 0 unspecified atom stereocenters. The fourth-order valence-electron chi connectivity index (χ4n) is 4.12. The Labute approximate surface area is 215 Å². The highest BCUT2D eigenvalue weighted by Crippen LogP contribution is 2.30. The zero-order valence-corrected chi connectivity index (χ0v) is 21.4. The van der Waals surface area contributed by atoms with E-state index < -0.39 is 33.8 Å². The third kappa shape index (κ3) is 4.66. The van der Waals surface area contributed by atoms with Crippen LogP contribution in [0.2, 0.25) is 5.02 Å². The molecule has 4 rings (SSSR count). The van der Waals surface area contributed by atoms with Crippen molar-refractivity contribution in [2.45, 2.75) is 44.0 Å². The Kier molecular flexibility index (Phi) is 7.28. The summed E-state index contributed by atoms with van der Waals surface area (Å²) in [7, 11) is -4.40. The number of nitrogens with zero attached hydrogens (tertiary/aromatic N) is 2. The molecule has 1 heterocycles. The van der Waals surface area contributed by atoms with E-state index >= 15 is 0 Å². The van der Waals surface area contributed by atoms with Crippen LogP contribution in [-0.2, 0) is 21.2 Å². The maximum Gasteiger partial charge on any atom is 0.270 e. The molecule has 9 heteroatoms. The number of carbonyl (C=O) groups excluding carboxylic acids is 3. The molecule has 0 saturated carbocycles. The Morgan fingerprint density at radius 2 is 1.47 bits per heavy atom. The highest BCUT2D eigenvalue weighted by Gasteiger charge is 2.44. The van der Waals surface area contributed by atoms with E-state index in [1.165, 1.54) is 43.3 Å². The molecule has 186 valence electrons. The van der Waals surface area contributed by atoms with Gasteiger partial charge in [0, 0.05) is 5.02 Å². The van der Waals surface area contributed by atoms with Crippen LogP contribution in [0.5, 0.6) is 0 Å². The molecule has 7 nitrogen and oxygen atoms in total. The topological polar surface area (TPSA) is 91.8 Å². The summed E-state index contributed by atoms with van der Waals surface area (Å²) in [4.78, 5) is 40.4. The van der Waals surface area contributed by atoms with Gasteiger partial charge in [0.25, 0.3) is 27.7 Å². The first kappa shape index (κ1) is 25.6. The largest absolute Gasteiger partial charge is 0.271 e. The molecule has 3 aromatic carbocycles. The lowest BCUT2D eigenvalue weighted by Gasteiger charge is -2.29. The number of rotatable bonds is 8. The third-order valence-electron chi connectivity index (χ3n) is 6.11. The number of unbranched alkanes of at least 4 members (excludes halogenated alkanes) is 1. The van der Waals surface area contributed by atoms with Gasteiger partial charge in [0.05, 0.1) is 21.7 Å². The second-order valence-corrected chi connectivity index (χ2v) is 10.8. The summed E-state index contributed by atoms with van der Waals surface area (Å²) in [6.07, 6.45) is 2.80.